The molecule has 2 rings (SSSR count). The number of halogens is 3. The van der Waals surface area contributed by atoms with E-state index in [0.29, 0.717) is 10.9 Å². The number of ketones is 1. The molecule has 1 aromatic heterocycles. The lowest BCUT2D eigenvalue weighted by Crippen LogP contribution is -2.23. The van der Waals surface area contributed by atoms with E-state index in [1.165, 1.54) is 12.1 Å². The minimum absolute atomic E-state index is 0.268. The highest BCUT2D eigenvalue weighted by atomic mass is 19.4. The lowest BCUT2D eigenvalue weighted by atomic mass is 9.85. The lowest BCUT2D eigenvalue weighted by Gasteiger charge is -2.18. The average Bonchev–Trinajstić information content (AvgIpc) is 2.65. The van der Waals surface area contributed by atoms with E-state index in [9.17, 15) is 18.0 Å². The van der Waals surface area contributed by atoms with Gasteiger partial charge in [-0.3, -0.25) is 4.79 Å². The Kier molecular flexibility index (Phi) is 2.96. The first-order valence-electron chi connectivity index (χ1n) is 5.85. The Morgan fingerprint density at radius 2 is 1.68 bits per heavy atom. The molecule has 19 heavy (non-hydrogen) atoms. The predicted molar refractivity (Wildman–Crippen MR) is 67.1 cm³/mol. The first-order valence-corrected chi connectivity index (χ1v) is 5.85. The average molecular weight is 269 g/mol. The third-order valence-electron chi connectivity index (χ3n) is 2.90. The van der Waals surface area contributed by atoms with Gasteiger partial charge in [0.2, 0.25) is 0 Å². The summed E-state index contributed by atoms with van der Waals surface area (Å²) in [5.74, 6) is -0.516. The smallest absolute Gasteiger partial charge is 0.350 e. The summed E-state index contributed by atoms with van der Waals surface area (Å²) in [7, 11) is 0. The number of carbonyl (C=O) groups excluding carboxylic acids is 1. The quantitative estimate of drug-likeness (QED) is 0.764. The van der Waals surface area contributed by atoms with Gasteiger partial charge in [-0.1, -0.05) is 39.0 Å². The van der Waals surface area contributed by atoms with Gasteiger partial charge in [-0.15, -0.1) is 0 Å². The summed E-state index contributed by atoms with van der Waals surface area (Å²) in [4.78, 5) is 14.6. The maximum atomic E-state index is 13.1. The highest BCUT2D eigenvalue weighted by molar-refractivity contribution is 6.11. The van der Waals surface area contributed by atoms with Gasteiger partial charge in [0, 0.05) is 16.3 Å². The van der Waals surface area contributed by atoms with Crippen LogP contribution in [0, 0.1) is 5.41 Å². The van der Waals surface area contributed by atoms with Crippen molar-refractivity contribution in [3.8, 4) is 0 Å². The van der Waals surface area contributed by atoms with E-state index in [1.807, 2.05) is 0 Å². The molecule has 0 aliphatic rings. The molecule has 0 atom stereocenters. The maximum absolute atomic E-state index is 13.1. The molecule has 2 nitrogen and oxygen atoms in total. The number of aromatic nitrogens is 1. The molecule has 0 saturated heterocycles. The van der Waals surface area contributed by atoms with Crippen LogP contribution in [0.3, 0.4) is 0 Å². The van der Waals surface area contributed by atoms with E-state index in [-0.39, 0.29) is 5.56 Å². The van der Waals surface area contributed by atoms with Crippen LogP contribution in [0.4, 0.5) is 13.2 Å². The normalized spacial score (nSPS) is 12.9. The van der Waals surface area contributed by atoms with Crippen molar-refractivity contribution >= 4 is 16.7 Å². The van der Waals surface area contributed by atoms with E-state index in [0.717, 1.165) is 0 Å². The highest BCUT2D eigenvalue weighted by Gasteiger charge is 2.40. The number of hydrogen-bond donors (Lipinski definition) is 1. The topological polar surface area (TPSA) is 32.9 Å². The number of hydrogen-bond acceptors (Lipinski definition) is 1. The molecule has 0 aliphatic carbocycles. The molecule has 0 unspecified atom stereocenters. The molecule has 0 bridgehead atoms. The molecule has 0 saturated carbocycles. The molecule has 2 aromatic rings. The van der Waals surface area contributed by atoms with Crippen LogP contribution < -0.4 is 0 Å². The minimum Gasteiger partial charge on any atom is -0.350 e. The molecule has 5 heteroatoms. The monoisotopic (exact) mass is 269 g/mol. The van der Waals surface area contributed by atoms with E-state index >= 15 is 0 Å². The van der Waals surface area contributed by atoms with Gasteiger partial charge in [0.15, 0.2) is 5.78 Å². The number of H-pyrrole nitrogens is 1. The van der Waals surface area contributed by atoms with Crippen molar-refractivity contribution in [1.82, 2.24) is 4.98 Å². The van der Waals surface area contributed by atoms with E-state index in [4.69, 9.17) is 0 Å². The molecule has 0 radical (unpaired) electrons. The van der Waals surface area contributed by atoms with Gasteiger partial charge in [0.25, 0.3) is 0 Å². The molecule has 0 aliphatic heterocycles. The molecule has 1 N–H and O–H groups in total. The summed E-state index contributed by atoms with van der Waals surface area (Å²) in [5.41, 5.74) is -1.78. The molecule has 1 heterocycles. The maximum Gasteiger partial charge on any atom is 0.431 e. The Labute approximate surface area is 108 Å². The summed E-state index contributed by atoms with van der Waals surface area (Å²) in [6.45, 7) is 4.83. The molecular weight excluding hydrogens is 255 g/mol. The van der Waals surface area contributed by atoms with Crippen LogP contribution in [0.15, 0.2) is 24.3 Å². The number of fused-ring (bicyclic) bond motifs is 1. The number of carbonyl (C=O) groups is 1. The summed E-state index contributed by atoms with van der Waals surface area (Å²) in [6, 6.07) is 6.31. The zero-order chi connectivity index (χ0) is 14.4. The largest absolute Gasteiger partial charge is 0.431 e. The van der Waals surface area contributed by atoms with Crippen LogP contribution in [-0.2, 0) is 6.18 Å². The van der Waals surface area contributed by atoms with Crippen LogP contribution in [0.5, 0.6) is 0 Å². The van der Waals surface area contributed by atoms with Gasteiger partial charge in [-0.2, -0.15) is 13.2 Å². The fourth-order valence-electron chi connectivity index (χ4n) is 1.97. The first kappa shape index (κ1) is 13.6. The third-order valence-corrected chi connectivity index (χ3v) is 2.90. The molecule has 0 spiro atoms. The fraction of sp³-hybridized carbons (Fsp3) is 0.357. The lowest BCUT2D eigenvalue weighted by molar-refractivity contribution is -0.141. The van der Waals surface area contributed by atoms with Crippen LogP contribution in [0.25, 0.3) is 10.9 Å². The molecule has 0 fully saturated rings. The van der Waals surface area contributed by atoms with Crippen LogP contribution in [0.2, 0.25) is 0 Å². The number of alkyl halides is 3. The van der Waals surface area contributed by atoms with Crippen molar-refractivity contribution in [2.24, 2.45) is 5.41 Å². The summed E-state index contributed by atoms with van der Waals surface area (Å²) < 4.78 is 39.2. The fourth-order valence-corrected chi connectivity index (χ4v) is 1.97. The number of nitrogens with one attached hydrogen (secondary N) is 1. The van der Waals surface area contributed by atoms with Crippen LogP contribution in [0.1, 0.15) is 36.8 Å². The molecule has 1 aromatic carbocycles. The van der Waals surface area contributed by atoms with Crippen molar-refractivity contribution < 1.29 is 18.0 Å². The SMILES string of the molecule is CC(C)(C)C(=O)c1c(C(F)(F)F)[nH]c2ccccc12. The zero-order valence-electron chi connectivity index (χ0n) is 10.9. The van der Waals surface area contributed by atoms with Crippen molar-refractivity contribution in [3.63, 3.8) is 0 Å². The predicted octanol–water partition coefficient (Wildman–Crippen LogP) is 4.42. The summed E-state index contributed by atoms with van der Waals surface area (Å²) >= 11 is 0. The Balaban J connectivity index is 2.79. The van der Waals surface area contributed by atoms with Gasteiger partial charge in [0.05, 0.1) is 5.56 Å². The number of Topliss-reactive ketones (excluding diaryl/α,β-unsaturated/α-hetero) is 1. The number of para-hydroxylation sites is 1. The van der Waals surface area contributed by atoms with Crippen molar-refractivity contribution in [1.29, 1.82) is 0 Å². The standard InChI is InChI=1S/C14H14F3NO/c1-13(2,3)12(19)10-8-6-4-5-7-9(8)18-11(10)14(15,16)17/h4-7,18H,1-3H3. The van der Waals surface area contributed by atoms with Gasteiger partial charge in [0.1, 0.15) is 5.69 Å². The Hall–Kier alpha value is -1.78. The Morgan fingerprint density at radius 3 is 2.21 bits per heavy atom. The van der Waals surface area contributed by atoms with E-state index < -0.39 is 23.1 Å². The van der Waals surface area contributed by atoms with E-state index in [1.54, 1.807) is 32.9 Å². The summed E-state index contributed by atoms with van der Waals surface area (Å²) in [5, 5.41) is 0.315. The number of aromatic amines is 1. The van der Waals surface area contributed by atoms with Crippen LogP contribution >= 0.6 is 0 Å². The summed E-state index contributed by atoms with van der Waals surface area (Å²) in [6.07, 6.45) is -4.57. The zero-order valence-corrected chi connectivity index (χ0v) is 10.9. The molecule has 102 valence electrons. The van der Waals surface area contributed by atoms with Gasteiger partial charge >= 0.3 is 6.18 Å². The molecular formula is C14H14F3NO. The number of rotatable bonds is 1. The highest BCUT2D eigenvalue weighted by Crippen LogP contribution is 2.38. The van der Waals surface area contributed by atoms with E-state index in [2.05, 4.69) is 4.98 Å². The molecule has 0 amide bonds. The Bertz CT molecular complexity index is 632. The Morgan fingerprint density at radius 1 is 1.11 bits per heavy atom. The van der Waals surface area contributed by atoms with Crippen molar-refractivity contribution in [2.75, 3.05) is 0 Å². The van der Waals surface area contributed by atoms with Crippen molar-refractivity contribution in [2.45, 2.75) is 26.9 Å². The van der Waals surface area contributed by atoms with Crippen molar-refractivity contribution in [3.05, 3.63) is 35.5 Å². The number of benzene rings is 1. The second-order valence-electron chi connectivity index (χ2n) is 5.50. The second kappa shape index (κ2) is 4.11. The second-order valence-corrected chi connectivity index (χ2v) is 5.50. The minimum atomic E-state index is -4.57. The van der Waals surface area contributed by atoms with Gasteiger partial charge in [-0.25, -0.2) is 0 Å². The van der Waals surface area contributed by atoms with Crippen LogP contribution in [-0.4, -0.2) is 10.8 Å². The first-order chi connectivity index (χ1) is 8.62. The third kappa shape index (κ3) is 2.37. The van der Waals surface area contributed by atoms with Gasteiger partial charge < -0.3 is 4.98 Å². The van der Waals surface area contributed by atoms with Gasteiger partial charge in [-0.05, 0) is 6.07 Å².